The summed E-state index contributed by atoms with van der Waals surface area (Å²) in [6.45, 7) is 2.38. The van der Waals surface area contributed by atoms with Gasteiger partial charge in [-0.1, -0.05) is 6.07 Å². The number of carboxylic acids is 1. The van der Waals surface area contributed by atoms with Crippen LogP contribution in [0.3, 0.4) is 0 Å². The molecule has 0 aliphatic rings. The van der Waals surface area contributed by atoms with Crippen LogP contribution in [0.5, 0.6) is 5.75 Å². The largest absolute Gasteiger partial charge is 0.508 e. The summed E-state index contributed by atoms with van der Waals surface area (Å²) < 4.78 is 0. The SMILES string of the molecule is CCN(CCC(=O)O)C(=O)c1cccc(O)c1. The highest BCUT2D eigenvalue weighted by molar-refractivity contribution is 5.94. The number of rotatable bonds is 5. The fraction of sp³-hybridized carbons (Fsp3) is 0.333. The third-order valence-electron chi connectivity index (χ3n) is 2.36. The van der Waals surface area contributed by atoms with Crippen molar-refractivity contribution in [2.45, 2.75) is 13.3 Å². The molecule has 0 unspecified atom stereocenters. The van der Waals surface area contributed by atoms with Gasteiger partial charge in [0.25, 0.3) is 5.91 Å². The molecule has 5 nitrogen and oxygen atoms in total. The van der Waals surface area contributed by atoms with Gasteiger partial charge in [0, 0.05) is 18.7 Å². The summed E-state index contributed by atoms with van der Waals surface area (Å²) >= 11 is 0. The first-order valence-corrected chi connectivity index (χ1v) is 5.34. The number of aromatic hydroxyl groups is 1. The molecule has 0 spiro atoms. The van der Waals surface area contributed by atoms with Gasteiger partial charge in [0.05, 0.1) is 6.42 Å². The van der Waals surface area contributed by atoms with Gasteiger partial charge in [-0.15, -0.1) is 0 Å². The summed E-state index contributed by atoms with van der Waals surface area (Å²) in [6, 6.07) is 6.01. The molecule has 0 aromatic heterocycles. The molecule has 0 radical (unpaired) electrons. The quantitative estimate of drug-likeness (QED) is 0.809. The van der Waals surface area contributed by atoms with Crippen LogP contribution in [0.4, 0.5) is 0 Å². The van der Waals surface area contributed by atoms with Crippen molar-refractivity contribution in [3.8, 4) is 5.75 Å². The van der Waals surface area contributed by atoms with E-state index in [1.54, 1.807) is 19.1 Å². The number of phenolic OH excluding ortho intramolecular Hbond substituents is 1. The summed E-state index contributed by atoms with van der Waals surface area (Å²) in [5.41, 5.74) is 0.359. The molecule has 0 saturated carbocycles. The lowest BCUT2D eigenvalue weighted by atomic mass is 10.2. The smallest absolute Gasteiger partial charge is 0.305 e. The predicted molar refractivity (Wildman–Crippen MR) is 61.9 cm³/mol. The molecule has 0 bridgehead atoms. The van der Waals surface area contributed by atoms with E-state index in [2.05, 4.69) is 0 Å². The Morgan fingerprint density at radius 1 is 1.35 bits per heavy atom. The second kappa shape index (κ2) is 5.89. The van der Waals surface area contributed by atoms with E-state index in [1.807, 2.05) is 0 Å². The Morgan fingerprint density at radius 3 is 2.59 bits per heavy atom. The number of benzene rings is 1. The average molecular weight is 237 g/mol. The van der Waals surface area contributed by atoms with Crippen LogP contribution in [-0.4, -0.2) is 40.1 Å². The molecule has 0 aliphatic heterocycles. The molecule has 17 heavy (non-hydrogen) atoms. The van der Waals surface area contributed by atoms with Gasteiger partial charge >= 0.3 is 5.97 Å². The first kappa shape index (κ1) is 13.0. The van der Waals surface area contributed by atoms with Crippen LogP contribution in [0.2, 0.25) is 0 Å². The van der Waals surface area contributed by atoms with Gasteiger partial charge < -0.3 is 15.1 Å². The fourth-order valence-electron chi connectivity index (χ4n) is 1.46. The van der Waals surface area contributed by atoms with Crippen LogP contribution in [-0.2, 0) is 4.79 Å². The monoisotopic (exact) mass is 237 g/mol. The van der Waals surface area contributed by atoms with Gasteiger partial charge in [-0.05, 0) is 25.1 Å². The molecule has 92 valence electrons. The van der Waals surface area contributed by atoms with Gasteiger partial charge in [0.1, 0.15) is 5.75 Å². The third kappa shape index (κ3) is 3.79. The Hall–Kier alpha value is -2.04. The van der Waals surface area contributed by atoms with Gasteiger partial charge in [-0.25, -0.2) is 0 Å². The maximum atomic E-state index is 12.0. The molecule has 0 aliphatic carbocycles. The number of carbonyl (C=O) groups excluding carboxylic acids is 1. The van der Waals surface area contributed by atoms with E-state index in [0.29, 0.717) is 12.1 Å². The molecule has 0 fully saturated rings. The molecule has 0 heterocycles. The van der Waals surface area contributed by atoms with Crippen LogP contribution < -0.4 is 0 Å². The number of phenols is 1. The molecule has 5 heteroatoms. The maximum absolute atomic E-state index is 12.0. The van der Waals surface area contributed by atoms with Crippen molar-refractivity contribution >= 4 is 11.9 Å². The lowest BCUT2D eigenvalue weighted by molar-refractivity contribution is -0.137. The molecule has 0 atom stereocenters. The zero-order valence-electron chi connectivity index (χ0n) is 9.59. The highest BCUT2D eigenvalue weighted by Crippen LogP contribution is 2.13. The van der Waals surface area contributed by atoms with Gasteiger partial charge in [0.2, 0.25) is 0 Å². The molecule has 2 N–H and O–H groups in total. The minimum absolute atomic E-state index is 0.0186. The molecule has 1 rings (SSSR count). The second-order valence-electron chi connectivity index (χ2n) is 3.58. The van der Waals surface area contributed by atoms with Crippen molar-refractivity contribution in [3.05, 3.63) is 29.8 Å². The van der Waals surface area contributed by atoms with Gasteiger partial charge in [-0.2, -0.15) is 0 Å². The second-order valence-corrected chi connectivity index (χ2v) is 3.58. The third-order valence-corrected chi connectivity index (χ3v) is 2.36. The Balaban J connectivity index is 2.75. The van der Waals surface area contributed by atoms with Crippen LogP contribution in [0.25, 0.3) is 0 Å². The number of hydrogen-bond acceptors (Lipinski definition) is 3. The minimum atomic E-state index is -0.938. The number of amides is 1. The highest BCUT2D eigenvalue weighted by atomic mass is 16.4. The van der Waals surface area contributed by atoms with Crippen LogP contribution in [0.1, 0.15) is 23.7 Å². The van der Waals surface area contributed by atoms with Crippen LogP contribution in [0, 0.1) is 0 Å². The summed E-state index contributed by atoms with van der Waals surface area (Å²) in [4.78, 5) is 23.9. The van der Waals surface area contributed by atoms with Crippen molar-refractivity contribution in [2.75, 3.05) is 13.1 Å². The van der Waals surface area contributed by atoms with Gasteiger partial charge in [-0.3, -0.25) is 9.59 Å². The van der Waals surface area contributed by atoms with Crippen molar-refractivity contribution < 1.29 is 19.8 Å². The van der Waals surface area contributed by atoms with Gasteiger partial charge in [0.15, 0.2) is 0 Å². The predicted octanol–water partition coefficient (Wildman–Crippen LogP) is 1.33. The van der Waals surface area contributed by atoms with E-state index in [0.717, 1.165) is 0 Å². The highest BCUT2D eigenvalue weighted by Gasteiger charge is 2.15. The molecule has 1 amide bonds. The first-order valence-electron chi connectivity index (χ1n) is 5.34. The lowest BCUT2D eigenvalue weighted by Gasteiger charge is -2.19. The molecular weight excluding hydrogens is 222 g/mol. The van der Waals surface area contributed by atoms with E-state index < -0.39 is 5.97 Å². The zero-order chi connectivity index (χ0) is 12.8. The Labute approximate surface area is 99.3 Å². The number of hydrogen-bond donors (Lipinski definition) is 2. The van der Waals surface area contributed by atoms with Crippen LogP contribution >= 0.6 is 0 Å². The number of aliphatic carboxylic acids is 1. The topological polar surface area (TPSA) is 77.8 Å². The van der Waals surface area contributed by atoms with E-state index in [1.165, 1.54) is 17.0 Å². The zero-order valence-corrected chi connectivity index (χ0v) is 9.59. The molecular formula is C12H15NO4. The number of carbonyl (C=O) groups is 2. The summed E-state index contributed by atoms with van der Waals surface area (Å²) in [5, 5.41) is 17.8. The van der Waals surface area contributed by atoms with E-state index >= 15 is 0 Å². The van der Waals surface area contributed by atoms with Crippen molar-refractivity contribution in [3.63, 3.8) is 0 Å². The fourth-order valence-corrected chi connectivity index (χ4v) is 1.46. The van der Waals surface area contributed by atoms with Crippen molar-refractivity contribution in [1.29, 1.82) is 0 Å². The standard InChI is InChI=1S/C12H15NO4/c1-2-13(7-6-11(15)16)12(17)9-4-3-5-10(14)8-9/h3-5,8,14H,2,6-7H2,1H3,(H,15,16). The number of carboxylic acid groups (broad SMARTS) is 1. The van der Waals surface area contributed by atoms with Crippen molar-refractivity contribution in [2.24, 2.45) is 0 Å². The molecule has 1 aromatic rings. The van der Waals surface area contributed by atoms with Crippen LogP contribution in [0.15, 0.2) is 24.3 Å². The summed E-state index contributed by atoms with van der Waals surface area (Å²) in [7, 11) is 0. The first-order chi connectivity index (χ1) is 8.04. The lowest BCUT2D eigenvalue weighted by Crippen LogP contribution is -2.32. The average Bonchev–Trinajstić information content (AvgIpc) is 2.29. The maximum Gasteiger partial charge on any atom is 0.305 e. The molecule has 0 saturated heterocycles. The van der Waals surface area contributed by atoms with Crippen molar-refractivity contribution in [1.82, 2.24) is 4.90 Å². The molecule has 1 aromatic carbocycles. The number of nitrogens with zero attached hydrogens (tertiary/aromatic N) is 1. The normalized spacial score (nSPS) is 9.94. The van der Waals surface area contributed by atoms with E-state index in [9.17, 15) is 14.7 Å². The van der Waals surface area contributed by atoms with E-state index in [-0.39, 0.29) is 24.6 Å². The Kier molecular flexibility index (Phi) is 4.51. The minimum Gasteiger partial charge on any atom is -0.508 e. The summed E-state index contributed by atoms with van der Waals surface area (Å²) in [6.07, 6.45) is -0.0849. The Bertz CT molecular complexity index is 417. The summed E-state index contributed by atoms with van der Waals surface area (Å²) in [5.74, 6) is -1.19. The Morgan fingerprint density at radius 2 is 2.06 bits per heavy atom. The van der Waals surface area contributed by atoms with E-state index in [4.69, 9.17) is 5.11 Å².